The first kappa shape index (κ1) is 13.7. The van der Waals surface area contributed by atoms with Gasteiger partial charge in [-0.1, -0.05) is 26.8 Å². The molecule has 0 aromatic heterocycles. The van der Waals surface area contributed by atoms with Crippen LogP contribution in [0, 0.1) is 5.92 Å². The molecule has 0 fully saturated rings. The molecule has 84 valence electrons. The number of nitrogens with one attached hydrogen (secondary N) is 1. The van der Waals surface area contributed by atoms with Gasteiger partial charge >= 0.3 is 0 Å². The zero-order chi connectivity index (χ0) is 10.8. The summed E-state index contributed by atoms with van der Waals surface area (Å²) in [5.74, 6) is 0.744. The minimum absolute atomic E-state index is 0.744. The van der Waals surface area contributed by atoms with Crippen LogP contribution in [0.4, 0.5) is 0 Å². The molecule has 0 atom stereocenters. The van der Waals surface area contributed by atoms with Crippen molar-refractivity contribution < 1.29 is 0 Å². The molecular formula is C12H26N2. The highest BCUT2D eigenvalue weighted by Crippen LogP contribution is 1.91. The molecule has 0 heterocycles. The van der Waals surface area contributed by atoms with Crippen LogP contribution in [-0.2, 0) is 0 Å². The number of nitrogens with zero attached hydrogens (tertiary/aromatic N) is 1. The van der Waals surface area contributed by atoms with Crippen molar-refractivity contribution >= 4 is 0 Å². The van der Waals surface area contributed by atoms with Crippen molar-refractivity contribution in [3.63, 3.8) is 0 Å². The fraction of sp³-hybridized carbons (Fsp3) is 0.833. The molecule has 14 heavy (non-hydrogen) atoms. The van der Waals surface area contributed by atoms with Crippen LogP contribution >= 0.6 is 0 Å². The Morgan fingerprint density at radius 1 is 1.36 bits per heavy atom. The molecule has 2 heteroatoms. The molecule has 0 aromatic carbocycles. The van der Waals surface area contributed by atoms with Crippen LogP contribution in [0.5, 0.6) is 0 Å². The van der Waals surface area contributed by atoms with Crippen LogP contribution in [0.2, 0.25) is 0 Å². The maximum absolute atomic E-state index is 3.78. The fourth-order valence-electron chi connectivity index (χ4n) is 1.42. The zero-order valence-electron chi connectivity index (χ0n) is 10.1. The summed E-state index contributed by atoms with van der Waals surface area (Å²) < 4.78 is 0. The second-order valence-electron chi connectivity index (χ2n) is 4.19. The fourth-order valence-corrected chi connectivity index (χ4v) is 1.42. The van der Waals surface area contributed by atoms with E-state index in [2.05, 4.69) is 37.6 Å². The molecule has 0 aliphatic rings. The SMILES string of the molecule is C=CCN(CCC)CCNCC(C)C. The molecule has 0 saturated carbocycles. The summed E-state index contributed by atoms with van der Waals surface area (Å²) in [4.78, 5) is 2.43. The van der Waals surface area contributed by atoms with Gasteiger partial charge in [0.25, 0.3) is 0 Å². The molecule has 0 radical (unpaired) electrons. The number of hydrogen-bond donors (Lipinski definition) is 1. The van der Waals surface area contributed by atoms with Crippen molar-refractivity contribution in [1.29, 1.82) is 0 Å². The van der Waals surface area contributed by atoms with Gasteiger partial charge < -0.3 is 5.32 Å². The van der Waals surface area contributed by atoms with Gasteiger partial charge in [0.1, 0.15) is 0 Å². The quantitative estimate of drug-likeness (QED) is 0.451. The van der Waals surface area contributed by atoms with Crippen molar-refractivity contribution in [2.45, 2.75) is 27.2 Å². The molecule has 1 N–H and O–H groups in total. The lowest BCUT2D eigenvalue weighted by Crippen LogP contribution is -2.34. The van der Waals surface area contributed by atoms with E-state index in [0.29, 0.717) is 0 Å². The number of hydrogen-bond acceptors (Lipinski definition) is 2. The highest BCUT2D eigenvalue weighted by molar-refractivity contribution is 4.73. The average Bonchev–Trinajstić information content (AvgIpc) is 2.12. The van der Waals surface area contributed by atoms with Crippen LogP contribution in [0.3, 0.4) is 0 Å². The predicted molar refractivity (Wildman–Crippen MR) is 64.6 cm³/mol. The van der Waals surface area contributed by atoms with Crippen LogP contribution in [0.15, 0.2) is 12.7 Å². The van der Waals surface area contributed by atoms with Gasteiger partial charge in [0.15, 0.2) is 0 Å². The Morgan fingerprint density at radius 3 is 2.57 bits per heavy atom. The monoisotopic (exact) mass is 198 g/mol. The maximum atomic E-state index is 3.78. The van der Waals surface area contributed by atoms with Gasteiger partial charge in [-0.25, -0.2) is 0 Å². The highest BCUT2D eigenvalue weighted by atomic mass is 15.1. The van der Waals surface area contributed by atoms with Crippen molar-refractivity contribution in [3.8, 4) is 0 Å². The van der Waals surface area contributed by atoms with Gasteiger partial charge in [0.2, 0.25) is 0 Å². The first-order chi connectivity index (χ1) is 6.70. The van der Waals surface area contributed by atoms with E-state index in [0.717, 1.165) is 32.1 Å². The van der Waals surface area contributed by atoms with Crippen LogP contribution in [0.25, 0.3) is 0 Å². The standard InChI is InChI=1S/C12H26N2/c1-5-8-14(9-6-2)10-7-13-11-12(3)4/h5,12-13H,1,6-11H2,2-4H3. The lowest BCUT2D eigenvalue weighted by Gasteiger charge is -2.20. The largest absolute Gasteiger partial charge is 0.315 e. The van der Waals surface area contributed by atoms with E-state index in [1.54, 1.807) is 0 Å². The molecule has 0 spiro atoms. The van der Waals surface area contributed by atoms with Crippen LogP contribution in [-0.4, -0.2) is 37.6 Å². The third-order valence-electron chi connectivity index (χ3n) is 2.08. The second-order valence-corrected chi connectivity index (χ2v) is 4.19. The summed E-state index contributed by atoms with van der Waals surface area (Å²) in [6.45, 7) is 16.0. The van der Waals surface area contributed by atoms with Crippen molar-refractivity contribution in [3.05, 3.63) is 12.7 Å². The molecule has 0 aromatic rings. The molecule has 0 saturated heterocycles. The Hall–Kier alpha value is -0.340. The zero-order valence-corrected chi connectivity index (χ0v) is 10.1. The van der Waals surface area contributed by atoms with Crippen molar-refractivity contribution in [2.24, 2.45) is 5.92 Å². The molecule has 0 rings (SSSR count). The molecule has 0 unspecified atom stereocenters. The average molecular weight is 198 g/mol. The van der Waals surface area contributed by atoms with E-state index in [4.69, 9.17) is 0 Å². The Morgan fingerprint density at radius 2 is 2.07 bits per heavy atom. The first-order valence-electron chi connectivity index (χ1n) is 5.74. The van der Waals surface area contributed by atoms with Gasteiger partial charge in [0, 0.05) is 19.6 Å². The van der Waals surface area contributed by atoms with Crippen LogP contribution in [0.1, 0.15) is 27.2 Å². The molecule has 0 aliphatic carbocycles. The lowest BCUT2D eigenvalue weighted by molar-refractivity contribution is 0.299. The van der Waals surface area contributed by atoms with Crippen LogP contribution < -0.4 is 5.32 Å². The molecule has 0 amide bonds. The molecule has 0 aliphatic heterocycles. The number of rotatable bonds is 9. The summed E-state index contributed by atoms with van der Waals surface area (Å²) >= 11 is 0. The Bertz CT molecular complexity index is 132. The van der Waals surface area contributed by atoms with E-state index in [1.807, 2.05) is 6.08 Å². The molecule has 2 nitrogen and oxygen atoms in total. The third kappa shape index (κ3) is 8.27. The summed E-state index contributed by atoms with van der Waals surface area (Å²) in [5, 5.41) is 3.46. The van der Waals surface area contributed by atoms with Gasteiger partial charge in [-0.3, -0.25) is 4.90 Å². The Kier molecular flexibility index (Phi) is 9.00. The summed E-state index contributed by atoms with van der Waals surface area (Å²) in [6.07, 6.45) is 3.20. The minimum atomic E-state index is 0.744. The van der Waals surface area contributed by atoms with E-state index in [1.165, 1.54) is 13.0 Å². The maximum Gasteiger partial charge on any atom is 0.0161 e. The second kappa shape index (κ2) is 9.22. The predicted octanol–water partition coefficient (Wildman–Crippen LogP) is 2.13. The summed E-state index contributed by atoms with van der Waals surface area (Å²) in [5.41, 5.74) is 0. The van der Waals surface area contributed by atoms with Crippen molar-refractivity contribution in [2.75, 3.05) is 32.7 Å². The molecular weight excluding hydrogens is 172 g/mol. The smallest absolute Gasteiger partial charge is 0.0161 e. The van der Waals surface area contributed by atoms with E-state index >= 15 is 0 Å². The third-order valence-corrected chi connectivity index (χ3v) is 2.08. The highest BCUT2D eigenvalue weighted by Gasteiger charge is 2.00. The van der Waals surface area contributed by atoms with Gasteiger partial charge in [-0.2, -0.15) is 0 Å². The minimum Gasteiger partial charge on any atom is -0.315 e. The topological polar surface area (TPSA) is 15.3 Å². The van der Waals surface area contributed by atoms with Gasteiger partial charge in [0.05, 0.1) is 0 Å². The summed E-state index contributed by atoms with van der Waals surface area (Å²) in [6, 6.07) is 0. The van der Waals surface area contributed by atoms with E-state index in [9.17, 15) is 0 Å². The lowest BCUT2D eigenvalue weighted by atomic mass is 10.2. The Balaban J connectivity index is 3.44. The van der Waals surface area contributed by atoms with Gasteiger partial charge in [-0.05, 0) is 25.4 Å². The molecule has 0 bridgehead atoms. The van der Waals surface area contributed by atoms with Gasteiger partial charge in [-0.15, -0.1) is 6.58 Å². The van der Waals surface area contributed by atoms with Crippen molar-refractivity contribution in [1.82, 2.24) is 10.2 Å². The normalized spacial score (nSPS) is 11.2. The first-order valence-corrected chi connectivity index (χ1v) is 5.74. The Labute approximate surface area is 89.4 Å². The van der Waals surface area contributed by atoms with E-state index in [-0.39, 0.29) is 0 Å². The van der Waals surface area contributed by atoms with E-state index < -0.39 is 0 Å². The summed E-state index contributed by atoms with van der Waals surface area (Å²) in [7, 11) is 0.